The third-order valence-electron chi connectivity index (χ3n) is 2.44. The maximum absolute atomic E-state index is 13.9. The van der Waals surface area contributed by atoms with E-state index in [1.165, 1.54) is 30.5 Å². The molecule has 0 bridgehead atoms. The van der Waals surface area contributed by atoms with Crippen molar-refractivity contribution in [2.75, 3.05) is 0 Å². The monoisotopic (exact) mass is 302 g/mol. The number of aromatic nitrogens is 1. The fourth-order valence-electron chi connectivity index (χ4n) is 1.54. The molecule has 0 aliphatic carbocycles. The highest BCUT2D eigenvalue weighted by Gasteiger charge is 2.32. The van der Waals surface area contributed by atoms with Crippen LogP contribution in [0.5, 0.6) is 17.4 Å². The quantitative estimate of drug-likeness (QED) is 0.880. The van der Waals surface area contributed by atoms with Gasteiger partial charge in [-0.15, -0.1) is 13.2 Å². The summed E-state index contributed by atoms with van der Waals surface area (Å²) in [5.74, 6) is -2.21. The number of alkyl halides is 3. The van der Waals surface area contributed by atoms with E-state index < -0.39 is 23.8 Å². The largest absolute Gasteiger partial charge is 0.573 e. The Morgan fingerprint density at radius 1 is 1.10 bits per heavy atom. The molecule has 0 fully saturated rings. The molecule has 2 rings (SSSR count). The summed E-state index contributed by atoms with van der Waals surface area (Å²) >= 11 is 0. The maximum Gasteiger partial charge on any atom is 0.573 e. The fourth-order valence-corrected chi connectivity index (χ4v) is 1.54. The van der Waals surface area contributed by atoms with Gasteiger partial charge in [0.25, 0.3) is 5.88 Å². The summed E-state index contributed by atoms with van der Waals surface area (Å²) in [4.78, 5) is 3.63. The summed E-state index contributed by atoms with van der Waals surface area (Å²) in [6.45, 7) is -0.0919. The van der Waals surface area contributed by atoms with Crippen molar-refractivity contribution in [3.05, 3.63) is 47.9 Å². The van der Waals surface area contributed by atoms with Gasteiger partial charge in [-0.25, -0.2) is 9.37 Å². The van der Waals surface area contributed by atoms with Gasteiger partial charge in [0.05, 0.1) is 0 Å². The Labute approximate surface area is 117 Å². The molecule has 1 aromatic carbocycles. The molecule has 1 aromatic heterocycles. The lowest BCUT2D eigenvalue weighted by molar-refractivity contribution is -0.275. The van der Waals surface area contributed by atoms with Gasteiger partial charge in [0.1, 0.15) is 0 Å². The molecule has 2 N–H and O–H groups in total. The molecule has 112 valence electrons. The lowest BCUT2D eigenvalue weighted by atomic mass is 10.2. The number of para-hydroxylation sites is 2. The van der Waals surface area contributed by atoms with Crippen LogP contribution in [-0.4, -0.2) is 11.3 Å². The van der Waals surface area contributed by atoms with Crippen molar-refractivity contribution in [3.63, 3.8) is 0 Å². The Kier molecular flexibility index (Phi) is 4.27. The molecule has 4 nitrogen and oxygen atoms in total. The van der Waals surface area contributed by atoms with Crippen LogP contribution in [0.3, 0.4) is 0 Å². The third-order valence-corrected chi connectivity index (χ3v) is 2.44. The molecule has 0 unspecified atom stereocenters. The van der Waals surface area contributed by atoms with Crippen LogP contribution in [-0.2, 0) is 6.54 Å². The molecule has 0 aliphatic rings. The first-order valence-electron chi connectivity index (χ1n) is 5.77. The van der Waals surface area contributed by atoms with E-state index in [0.717, 1.165) is 6.07 Å². The topological polar surface area (TPSA) is 57.4 Å². The standard InChI is InChI=1S/C13H10F4N2O2/c14-11-8(7-18)5-6-19-12(11)20-9-3-1-2-4-10(9)21-13(15,16)17/h1-6H,7,18H2. The number of benzene rings is 1. The van der Waals surface area contributed by atoms with Crippen molar-refractivity contribution >= 4 is 0 Å². The molecule has 0 radical (unpaired) electrons. The number of halogens is 4. The van der Waals surface area contributed by atoms with Gasteiger partial charge in [-0.2, -0.15) is 0 Å². The van der Waals surface area contributed by atoms with Crippen molar-refractivity contribution < 1.29 is 27.0 Å². The van der Waals surface area contributed by atoms with Gasteiger partial charge in [0.15, 0.2) is 17.3 Å². The van der Waals surface area contributed by atoms with Crippen molar-refractivity contribution in [3.8, 4) is 17.4 Å². The van der Waals surface area contributed by atoms with Crippen molar-refractivity contribution in [1.29, 1.82) is 0 Å². The number of hydrogen-bond acceptors (Lipinski definition) is 4. The summed E-state index contributed by atoms with van der Waals surface area (Å²) in [6.07, 6.45) is -3.64. The smallest absolute Gasteiger partial charge is 0.432 e. The summed E-state index contributed by atoms with van der Waals surface area (Å²) in [5, 5.41) is 0. The number of nitrogens with zero attached hydrogens (tertiary/aromatic N) is 1. The number of hydrogen-bond donors (Lipinski definition) is 1. The van der Waals surface area contributed by atoms with Crippen molar-refractivity contribution in [2.45, 2.75) is 12.9 Å². The minimum atomic E-state index is -4.88. The Morgan fingerprint density at radius 3 is 2.38 bits per heavy atom. The number of nitrogens with two attached hydrogens (primary N) is 1. The summed E-state index contributed by atoms with van der Waals surface area (Å²) in [7, 11) is 0. The van der Waals surface area contributed by atoms with E-state index in [9.17, 15) is 17.6 Å². The minimum absolute atomic E-state index is 0.0919. The zero-order chi connectivity index (χ0) is 15.5. The van der Waals surface area contributed by atoms with Crippen LogP contribution >= 0.6 is 0 Å². The van der Waals surface area contributed by atoms with Gasteiger partial charge in [-0.05, 0) is 18.2 Å². The molecule has 0 saturated heterocycles. The Hall–Kier alpha value is -2.35. The molecule has 1 heterocycles. The lowest BCUT2D eigenvalue weighted by Crippen LogP contribution is -2.17. The summed E-state index contributed by atoms with van der Waals surface area (Å²) < 4.78 is 59.6. The van der Waals surface area contributed by atoms with E-state index in [-0.39, 0.29) is 17.9 Å². The van der Waals surface area contributed by atoms with E-state index in [1.54, 1.807) is 0 Å². The molecule has 0 spiro atoms. The second-order valence-electron chi connectivity index (χ2n) is 3.89. The van der Waals surface area contributed by atoms with Gasteiger partial charge in [-0.1, -0.05) is 12.1 Å². The lowest BCUT2D eigenvalue weighted by Gasteiger charge is -2.13. The zero-order valence-electron chi connectivity index (χ0n) is 10.5. The van der Waals surface area contributed by atoms with Crippen LogP contribution in [0.25, 0.3) is 0 Å². The highest BCUT2D eigenvalue weighted by Crippen LogP contribution is 2.35. The first-order valence-corrected chi connectivity index (χ1v) is 5.77. The van der Waals surface area contributed by atoms with Crippen LogP contribution < -0.4 is 15.2 Å². The van der Waals surface area contributed by atoms with Crippen LogP contribution in [0.1, 0.15) is 5.56 Å². The van der Waals surface area contributed by atoms with Gasteiger partial charge in [-0.3, -0.25) is 0 Å². The molecule has 0 saturated carbocycles. The Bertz CT molecular complexity index is 632. The van der Waals surface area contributed by atoms with Crippen LogP contribution in [0.4, 0.5) is 17.6 Å². The third kappa shape index (κ3) is 3.82. The average molecular weight is 302 g/mol. The molecule has 8 heteroatoms. The first-order chi connectivity index (χ1) is 9.90. The van der Waals surface area contributed by atoms with Gasteiger partial charge in [0, 0.05) is 18.3 Å². The SMILES string of the molecule is NCc1ccnc(Oc2ccccc2OC(F)(F)F)c1F. The molecule has 21 heavy (non-hydrogen) atoms. The van der Waals surface area contributed by atoms with Gasteiger partial charge < -0.3 is 15.2 Å². The van der Waals surface area contributed by atoms with E-state index >= 15 is 0 Å². The van der Waals surface area contributed by atoms with Gasteiger partial charge in [0.2, 0.25) is 0 Å². The molecular formula is C13H10F4N2O2. The molecule has 0 amide bonds. The predicted octanol–water partition coefficient (Wildman–Crippen LogP) is 3.37. The molecular weight excluding hydrogens is 292 g/mol. The van der Waals surface area contributed by atoms with E-state index in [2.05, 4.69) is 9.72 Å². The minimum Gasteiger partial charge on any atom is -0.432 e. The summed E-state index contributed by atoms with van der Waals surface area (Å²) in [5.41, 5.74) is 5.46. The van der Waals surface area contributed by atoms with Gasteiger partial charge >= 0.3 is 6.36 Å². The fraction of sp³-hybridized carbons (Fsp3) is 0.154. The van der Waals surface area contributed by atoms with Crippen LogP contribution in [0.15, 0.2) is 36.5 Å². The Balaban J connectivity index is 2.32. The number of rotatable bonds is 4. The zero-order valence-corrected chi connectivity index (χ0v) is 10.5. The molecule has 0 aliphatic heterocycles. The second-order valence-corrected chi connectivity index (χ2v) is 3.89. The van der Waals surface area contributed by atoms with Crippen molar-refractivity contribution in [1.82, 2.24) is 4.98 Å². The highest BCUT2D eigenvalue weighted by molar-refractivity contribution is 5.42. The second kappa shape index (κ2) is 5.96. The van der Waals surface area contributed by atoms with Crippen molar-refractivity contribution in [2.24, 2.45) is 5.73 Å². The predicted molar refractivity (Wildman–Crippen MR) is 65.3 cm³/mol. The average Bonchev–Trinajstić information content (AvgIpc) is 2.41. The number of ether oxygens (including phenoxy) is 2. The van der Waals surface area contributed by atoms with Crippen LogP contribution in [0.2, 0.25) is 0 Å². The first kappa shape index (κ1) is 15.0. The van der Waals surface area contributed by atoms with E-state index in [0.29, 0.717) is 0 Å². The number of pyridine rings is 1. The maximum atomic E-state index is 13.9. The van der Waals surface area contributed by atoms with E-state index in [4.69, 9.17) is 10.5 Å². The normalized spacial score (nSPS) is 11.3. The Morgan fingerprint density at radius 2 is 1.76 bits per heavy atom. The van der Waals surface area contributed by atoms with Crippen LogP contribution in [0, 0.1) is 5.82 Å². The summed E-state index contributed by atoms with van der Waals surface area (Å²) in [6, 6.07) is 6.35. The highest BCUT2D eigenvalue weighted by atomic mass is 19.4. The molecule has 0 atom stereocenters. The molecule has 2 aromatic rings. The van der Waals surface area contributed by atoms with E-state index in [1.807, 2.05) is 0 Å².